The summed E-state index contributed by atoms with van der Waals surface area (Å²) in [4.78, 5) is 15.3. The van der Waals surface area contributed by atoms with Gasteiger partial charge in [-0.25, -0.2) is 0 Å². The molecule has 2 heterocycles. The van der Waals surface area contributed by atoms with Crippen LogP contribution in [-0.4, -0.2) is 42.1 Å². The van der Waals surface area contributed by atoms with Crippen LogP contribution in [0.25, 0.3) is 10.9 Å². The minimum Gasteiger partial charge on any atom is -0.497 e. The summed E-state index contributed by atoms with van der Waals surface area (Å²) in [6.07, 6.45) is 6.42. The van der Waals surface area contributed by atoms with Crippen molar-refractivity contribution in [2.24, 2.45) is 18.4 Å². The monoisotopic (exact) mass is 431 g/mol. The fourth-order valence-electron chi connectivity index (χ4n) is 5.50. The van der Waals surface area contributed by atoms with E-state index in [9.17, 15) is 4.79 Å². The molecule has 2 fully saturated rings. The summed E-state index contributed by atoms with van der Waals surface area (Å²) in [6, 6.07) is 16.7. The van der Waals surface area contributed by atoms with Gasteiger partial charge in [0, 0.05) is 43.2 Å². The summed E-state index contributed by atoms with van der Waals surface area (Å²) in [6.45, 7) is 3.84. The molecule has 1 aliphatic heterocycles. The Balaban J connectivity index is 1.10. The van der Waals surface area contributed by atoms with Gasteiger partial charge in [0.05, 0.1) is 7.11 Å². The third kappa shape index (κ3) is 4.14. The number of hydrogen-bond donors (Lipinski definition) is 1. The summed E-state index contributed by atoms with van der Waals surface area (Å²) in [5, 5.41) is 4.54. The summed E-state index contributed by atoms with van der Waals surface area (Å²) in [5.41, 5.74) is 4.14. The average Bonchev–Trinajstić information content (AvgIpc) is 3.44. The van der Waals surface area contributed by atoms with Gasteiger partial charge in [-0.1, -0.05) is 30.3 Å². The van der Waals surface area contributed by atoms with Crippen molar-refractivity contribution in [3.63, 3.8) is 0 Å². The number of likely N-dealkylation sites (tertiary alicyclic amines) is 1. The molecule has 1 aliphatic carbocycles. The number of fused-ring (bicyclic) bond motifs is 1. The lowest BCUT2D eigenvalue weighted by molar-refractivity contribution is -0.123. The first-order valence-electron chi connectivity index (χ1n) is 11.7. The number of nitrogens with one attached hydrogen (secondary N) is 1. The van der Waals surface area contributed by atoms with Crippen LogP contribution in [0.3, 0.4) is 0 Å². The third-order valence-corrected chi connectivity index (χ3v) is 7.58. The number of methoxy groups -OCH3 is 1. The van der Waals surface area contributed by atoms with Gasteiger partial charge in [-0.05, 0) is 73.5 Å². The zero-order valence-electron chi connectivity index (χ0n) is 19.1. The Labute approximate surface area is 190 Å². The Kier molecular flexibility index (Phi) is 5.68. The van der Waals surface area contributed by atoms with Crippen LogP contribution < -0.4 is 10.1 Å². The first-order valence-corrected chi connectivity index (χ1v) is 11.7. The van der Waals surface area contributed by atoms with Crippen molar-refractivity contribution in [2.45, 2.75) is 32.2 Å². The lowest BCUT2D eigenvalue weighted by atomic mass is 9.90. The summed E-state index contributed by atoms with van der Waals surface area (Å²) in [7, 11) is 3.81. The minimum absolute atomic E-state index is 0.201. The van der Waals surface area contributed by atoms with E-state index in [1.165, 1.54) is 22.0 Å². The molecule has 1 aromatic heterocycles. The number of aromatic nitrogens is 1. The number of carbonyl (C=O) groups excluding carboxylic acids is 1. The molecule has 1 unspecified atom stereocenters. The van der Waals surface area contributed by atoms with Gasteiger partial charge in [0.25, 0.3) is 0 Å². The lowest BCUT2D eigenvalue weighted by Crippen LogP contribution is -2.37. The highest BCUT2D eigenvalue weighted by molar-refractivity contribution is 5.84. The third-order valence-electron chi connectivity index (χ3n) is 7.58. The highest BCUT2D eigenvalue weighted by Gasteiger charge is 2.58. The molecular formula is C27H33N3O2. The van der Waals surface area contributed by atoms with E-state index in [4.69, 9.17) is 4.74 Å². The average molecular weight is 432 g/mol. The normalized spacial score (nSPS) is 19.9. The van der Waals surface area contributed by atoms with Crippen LogP contribution in [0.5, 0.6) is 5.75 Å². The molecule has 168 valence electrons. The Morgan fingerprint density at radius 2 is 1.97 bits per heavy atom. The maximum Gasteiger partial charge on any atom is 0.223 e. The van der Waals surface area contributed by atoms with E-state index < -0.39 is 0 Å². The van der Waals surface area contributed by atoms with Crippen molar-refractivity contribution < 1.29 is 9.53 Å². The second-order valence-corrected chi connectivity index (χ2v) is 9.57. The van der Waals surface area contributed by atoms with Gasteiger partial charge in [0.1, 0.15) is 5.75 Å². The van der Waals surface area contributed by atoms with Crippen molar-refractivity contribution in [1.82, 2.24) is 14.8 Å². The number of piperidine rings is 1. The van der Waals surface area contributed by atoms with Gasteiger partial charge in [0.15, 0.2) is 0 Å². The minimum atomic E-state index is 0.201. The van der Waals surface area contributed by atoms with E-state index in [2.05, 4.69) is 58.4 Å². The molecule has 1 amide bonds. The van der Waals surface area contributed by atoms with Gasteiger partial charge in [-0.15, -0.1) is 0 Å². The zero-order valence-corrected chi connectivity index (χ0v) is 19.1. The number of para-hydroxylation sites is 1. The summed E-state index contributed by atoms with van der Waals surface area (Å²) >= 11 is 0. The molecule has 1 saturated carbocycles. The molecule has 0 radical (unpaired) electrons. The Morgan fingerprint density at radius 1 is 1.16 bits per heavy atom. The van der Waals surface area contributed by atoms with E-state index in [-0.39, 0.29) is 17.2 Å². The quantitative estimate of drug-likeness (QED) is 0.611. The first-order chi connectivity index (χ1) is 15.6. The van der Waals surface area contributed by atoms with Crippen LogP contribution >= 0.6 is 0 Å². The van der Waals surface area contributed by atoms with Crippen molar-refractivity contribution >= 4 is 16.8 Å². The topological polar surface area (TPSA) is 46.5 Å². The summed E-state index contributed by atoms with van der Waals surface area (Å²) < 4.78 is 7.51. The number of aryl methyl sites for hydroxylation is 1. The van der Waals surface area contributed by atoms with Crippen LogP contribution in [0.1, 0.15) is 30.4 Å². The number of carbonyl (C=O) groups is 1. The number of nitrogens with zero attached hydrogens (tertiary/aromatic N) is 2. The maximum absolute atomic E-state index is 12.8. The lowest BCUT2D eigenvalue weighted by Gasteiger charge is -2.32. The molecule has 5 rings (SSSR count). The predicted octanol–water partition coefficient (Wildman–Crippen LogP) is 4.15. The van der Waals surface area contributed by atoms with Crippen LogP contribution in [0.15, 0.2) is 54.7 Å². The first kappa shape index (κ1) is 21.1. The molecule has 1 atom stereocenters. The van der Waals surface area contributed by atoms with E-state index in [1.807, 2.05) is 18.2 Å². The van der Waals surface area contributed by atoms with Crippen molar-refractivity contribution in [2.75, 3.05) is 26.7 Å². The molecular weight excluding hydrogens is 398 g/mol. The van der Waals surface area contributed by atoms with Crippen LogP contribution in [0.2, 0.25) is 0 Å². The molecule has 32 heavy (non-hydrogen) atoms. The highest BCUT2D eigenvalue weighted by atomic mass is 16.5. The van der Waals surface area contributed by atoms with E-state index >= 15 is 0 Å². The van der Waals surface area contributed by atoms with Crippen molar-refractivity contribution in [1.29, 1.82) is 0 Å². The molecule has 3 aromatic rings. The van der Waals surface area contributed by atoms with E-state index in [1.54, 1.807) is 7.11 Å². The number of benzene rings is 2. The highest BCUT2D eigenvalue weighted by Crippen LogP contribution is 2.59. The van der Waals surface area contributed by atoms with E-state index in [0.717, 1.165) is 51.1 Å². The SMILES string of the molecule is COc1cccc(CCNC(=O)C2CC23CCN(Cc2cn(C)c4ccccc24)CC3)c1. The van der Waals surface area contributed by atoms with Crippen LogP contribution in [-0.2, 0) is 24.8 Å². The number of amides is 1. The standard InChI is InChI=1S/C27H33N3O2/c1-29-18-21(23-8-3-4-9-25(23)29)19-30-14-11-27(12-15-30)17-24(27)26(31)28-13-10-20-6-5-7-22(16-20)32-2/h3-9,16,18,24H,10-15,17,19H2,1-2H3,(H,28,31). The molecule has 2 aliphatic rings. The molecule has 5 heteroatoms. The van der Waals surface area contributed by atoms with Crippen LogP contribution in [0, 0.1) is 11.3 Å². The molecule has 5 nitrogen and oxygen atoms in total. The van der Waals surface area contributed by atoms with Crippen LogP contribution in [0.4, 0.5) is 0 Å². The van der Waals surface area contributed by atoms with Crippen molar-refractivity contribution in [3.8, 4) is 5.75 Å². The molecule has 1 N–H and O–H groups in total. The Morgan fingerprint density at radius 3 is 2.78 bits per heavy atom. The Hall–Kier alpha value is -2.79. The van der Waals surface area contributed by atoms with Gasteiger partial charge < -0.3 is 14.6 Å². The smallest absolute Gasteiger partial charge is 0.223 e. The number of rotatable bonds is 7. The number of hydrogen-bond acceptors (Lipinski definition) is 3. The molecule has 0 bridgehead atoms. The molecule has 2 aromatic carbocycles. The van der Waals surface area contributed by atoms with Gasteiger partial charge in [-0.3, -0.25) is 9.69 Å². The largest absolute Gasteiger partial charge is 0.497 e. The summed E-state index contributed by atoms with van der Waals surface area (Å²) in [5.74, 6) is 1.31. The second kappa shape index (κ2) is 8.62. The Bertz CT molecular complexity index is 1110. The van der Waals surface area contributed by atoms with E-state index in [0.29, 0.717) is 6.54 Å². The number of ether oxygens (including phenoxy) is 1. The van der Waals surface area contributed by atoms with Gasteiger partial charge in [0.2, 0.25) is 5.91 Å². The molecule has 1 spiro atoms. The fraction of sp³-hybridized carbons (Fsp3) is 0.444. The van der Waals surface area contributed by atoms with Gasteiger partial charge >= 0.3 is 0 Å². The predicted molar refractivity (Wildman–Crippen MR) is 128 cm³/mol. The van der Waals surface area contributed by atoms with Crippen molar-refractivity contribution in [3.05, 3.63) is 65.9 Å². The maximum atomic E-state index is 12.8. The zero-order chi connectivity index (χ0) is 22.1. The fourth-order valence-corrected chi connectivity index (χ4v) is 5.50. The van der Waals surface area contributed by atoms with Gasteiger partial charge in [-0.2, -0.15) is 0 Å². The molecule has 1 saturated heterocycles. The second-order valence-electron chi connectivity index (χ2n) is 9.57.